The van der Waals surface area contributed by atoms with Crippen molar-refractivity contribution in [3.05, 3.63) is 78.6 Å². The number of methoxy groups -OCH3 is 1. The van der Waals surface area contributed by atoms with Crippen molar-refractivity contribution in [1.29, 1.82) is 0 Å². The number of para-hydroxylation sites is 1. The van der Waals surface area contributed by atoms with Crippen LogP contribution in [0.1, 0.15) is 11.6 Å². The number of ether oxygens (including phenoxy) is 3. The molecule has 0 spiro atoms. The van der Waals surface area contributed by atoms with Crippen molar-refractivity contribution < 1.29 is 23.4 Å². The van der Waals surface area contributed by atoms with Crippen molar-refractivity contribution in [2.24, 2.45) is 0 Å². The quantitative estimate of drug-likeness (QED) is 0.146. The van der Waals surface area contributed by atoms with Crippen molar-refractivity contribution in [2.45, 2.75) is 38.5 Å². The summed E-state index contributed by atoms with van der Waals surface area (Å²) < 4.78 is 35.2. The Morgan fingerprint density at radius 1 is 1.12 bits per heavy atom. The zero-order valence-electron chi connectivity index (χ0n) is 24.4. The van der Waals surface area contributed by atoms with Gasteiger partial charge in [-0.2, -0.15) is 5.10 Å². The molecule has 0 radical (unpaired) electrons. The van der Waals surface area contributed by atoms with Crippen LogP contribution in [-0.4, -0.2) is 63.9 Å². The molecule has 0 unspecified atom stereocenters. The first-order valence-electron chi connectivity index (χ1n) is 13.9. The molecule has 5 aromatic rings. The molecule has 1 atom stereocenters. The third-order valence-electron chi connectivity index (χ3n) is 7.25. The molecule has 1 fully saturated rings. The number of amides is 1. The topological polar surface area (TPSA) is 109 Å². The Morgan fingerprint density at radius 3 is 2.74 bits per heavy atom. The van der Waals surface area contributed by atoms with Crippen LogP contribution < -0.4 is 9.64 Å². The molecule has 2 aromatic carbocycles. The number of rotatable bonds is 10. The van der Waals surface area contributed by atoms with Gasteiger partial charge in [-0.3, -0.25) is 4.90 Å². The van der Waals surface area contributed by atoms with E-state index in [9.17, 15) is 4.79 Å². The van der Waals surface area contributed by atoms with Gasteiger partial charge in [0, 0.05) is 32.0 Å². The molecule has 1 aliphatic heterocycles. The average Bonchev–Trinajstić information content (AvgIpc) is 3.73. The van der Waals surface area contributed by atoms with E-state index in [1.165, 1.54) is 17.3 Å². The monoisotopic (exact) mass is 601 g/mol. The van der Waals surface area contributed by atoms with Crippen LogP contribution in [0.25, 0.3) is 28.2 Å². The SMILES string of the molecule is COc1ccccc1[C@H]1COC(=O)N1c1ccn2ncc(-c3ccc(-c4ncn(COCC[Si](C)(C)C)n4)c(F)c3)c2n1. The zero-order chi connectivity index (χ0) is 30.1. The molecule has 43 heavy (non-hydrogen) atoms. The van der Waals surface area contributed by atoms with Gasteiger partial charge in [-0.1, -0.05) is 43.9 Å². The summed E-state index contributed by atoms with van der Waals surface area (Å²) in [5.74, 6) is 0.815. The third kappa shape index (κ3) is 5.86. The zero-order valence-corrected chi connectivity index (χ0v) is 25.4. The highest BCUT2D eigenvalue weighted by Crippen LogP contribution is 2.37. The number of nitrogens with zero attached hydrogens (tertiary/aromatic N) is 7. The van der Waals surface area contributed by atoms with E-state index in [0.29, 0.717) is 34.9 Å². The number of halogens is 1. The highest BCUT2D eigenvalue weighted by atomic mass is 28.3. The Labute approximate surface area is 248 Å². The second-order valence-corrected chi connectivity index (χ2v) is 17.1. The number of aromatic nitrogens is 6. The van der Waals surface area contributed by atoms with Gasteiger partial charge in [-0.15, -0.1) is 5.10 Å². The molecule has 0 bridgehead atoms. The van der Waals surface area contributed by atoms with E-state index in [0.717, 1.165) is 11.6 Å². The van der Waals surface area contributed by atoms with Gasteiger partial charge in [0.25, 0.3) is 0 Å². The lowest BCUT2D eigenvalue weighted by Gasteiger charge is -2.22. The Bertz CT molecular complexity index is 1780. The Balaban J connectivity index is 1.25. The predicted octanol–water partition coefficient (Wildman–Crippen LogP) is 5.81. The normalized spacial score (nSPS) is 15.3. The van der Waals surface area contributed by atoms with E-state index in [1.807, 2.05) is 24.3 Å². The van der Waals surface area contributed by atoms with Crippen LogP contribution in [0, 0.1) is 5.82 Å². The number of carbonyl (C=O) groups is 1. The smallest absolute Gasteiger partial charge is 0.416 e. The van der Waals surface area contributed by atoms with E-state index in [4.69, 9.17) is 19.2 Å². The van der Waals surface area contributed by atoms with Crippen molar-refractivity contribution in [3.63, 3.8) is 0 Å². The molecule has 6 rings (SSSR count). The number of cyclic esters (lactones) is 1. The average molecular weight is 602 g/mol. The van der Waals surface area contributed by atoms with Crippen LogP contribution >= 0.6 is 0 Å². The lowest BCUT2D eigenvalue weighted by atomic mass is 10.1. The second-order valence-electron chi connectivity index (χ2n) is 11.5. The summed E-state index contributed by atoms with van der Waals surface area (Å²) >= 11 is 0. The number of benzene rings is 2. The molecular formula is C30H32FN7O4Si. The number of carbonyl (C=O) groups excluding carboxylic acids is 1. The Hall–Kier alpha value is -4.62. The summed E-state index contributed by atoms with van der Waals surface area (Å²) in [5.41, 5.74) is 2.71. The molecule has 1 amide bonds. The highest BCUT2D eigenvalue weighted by Gasteiger charge is 2.38. The van der Waals surface area contributed by atoms with Crippen LogP contribution in [0.2, 0.25) is 25.7 Å². The lowest BCUT2D eigenvalue weighted by molar-refractivity contribution is 0.0784. The van der Waals surface area contributed by atoms with Gasteiger partial charge in [0.15, 0.2) is 11.5 Å². The minimum atomic E-state index is -1.19. The fraction of sp³-hybridized carbons (Fsp3) is 0.300. The molecule has 13 heteroatoms. The maximum atomic E-state index is 15.4. The molecule has 1 aliphatic rings. The van der Waals surface area contributed by atoms with Gasteiger partial charge in [-0.25, -0.2) is 28.4 Å². The maximum Gasteiger partial charge on any atom is 0.416 e. The highest BCUT2D eigenvalue weighted by molar-refractivity contribution is 6.76. The molecule has 0 saturated carbocycles. The summed E-state index contributed by atoms with van der Waals surface area (Å²) in [6.07, 6.45) is 4.35. The third-order valence-corrected chi connectivity index (χ3v) is 8.95. The molecule has 4 heterocycles. The molecule has 3 aromatic heterocycles. The first-order valence-corrected chi connectivity index (χ1v) is 17.6. The van der Waals surface area contributed by atoms with E-state index in [-0.39, 0.29) is 24.7 Å². The molecule has 0 aliphatic carbocycles. The predicted molar refractivity (Wildman–Crippen MR) is 161 cm³/mol. The van der Waals surface area contributed by atoms with Crippen molar-refractivity contribution in [2.75, 3.05) is 25.2 Å². The van der Waals surface area contributed by atoms with Crippen molar-refractivity contribution in [3.8, 4) is 28.3 Å². The summed E-state index contributed by atoms with van der Waals surface area (Å²) in [6.45, 7) is 7.95. The van der Waals surface area contributed by atoms with Crippen molar-refractivity contribution in [1.82, 2.24) is 29.4 Å². The second kappa shape index (κ2) is 11.6. The van der Waals surface area contributed by atoms with E-state index >= 15 is 4.39 Å². The lowest BCUT2D eigenvalue weighted by Crippen LogP contribution is -2.28. The standard InChI is InChI=1S/C30H32FN7O4Si/c1-40-26-8-6-5-7-22(26)25-17-42-30(39)38(25)27-11-12-37-29(34-27)23(16-33-37)20-9-10-21(24(31)15-20)28-32-18-36(35-28)19-41-13-14-43(2,3)4/h5-12,15-16,18,25H,13-14,17,19H2,1-4H3/t25-/m1/s1. The van der Waals surface area contributed by atoms with Crippen molar-refractivity contribution >= 4 is 25.6 Å². The summed E-state index contributed by atoms with van der Waals surface area (Å²) in [6, 6.07) is 14.6. The number of anilines is 1. The molecule has 11 nitrogen and oxygen atoms in total. The first kappa shape index (κ1) is 28.5. The van der Waals surface area contributed by atoms with Crippen LogP contribution in [0.3, 0.4) is 0 Å². The van der Waals surface area contributed by atoms with Gasteiger partial charge < -0.3 is 14.2 Å². The van der Waals surface area contributed by atoms with E-state index in [2.05, 4.69) is 34.8 Å². The fourth-order valence-electron chi connectivity index (χ4n) is 4.92. The fourth-order valence-corrected chi connectivity index (χ4v) is 5.68. The summed E-state index contributed by atoms with van der Waals surface area (Å²) in [4.78, 5) is 23.4. The molecule has 1 saturated heterocycles. The van der Waals surface area contributed by atoms with Gasteiger partial charge in [0.2, 0.25) is 0 Å². The molecule has 0 N–H and O–H groups in total. The minimum Gasteiger partial charge on any atom is -0.496 e. The molecular weight excluding hydrogens is 569 g/mol. The molecule has 222 valence electrons. The van der Waals surface area contributed by atoms with Gasteiger partial charge in [-0.05, 0) is 35.9 Å². The largest absolute Gasteiger partial charge is 0.496 e. The Morgan fingerprint density at radius 2 is 1.95 bits per heavy atom. The van der Waals surface area contributed by atoms with Crippen LogP contribution in [0.5, 0.6) is 5.75 Å². The number of fused-ring (bicyclic) bond motifs is 1. The minimum absolute atomic E-state index is 0.152. The van der Waals surface area contributed by atoms with Gasteiger partial charge in [0.05, 0.1) is 18.9 Å². The van der Waals surface area contributed by atoms with Gasteiger partial charge >= 0.3 is 6.09 Å². The summed E-state index contributed by atoms with van der Waals surface area (Å²) in [5, 5.41) is 8.78. The number of hydrogen-bond acceptors (Lipinski definition) is 8. The Kier molecular flexibility index (Phi) is 7.67. The maximum absolute atomic E-state index is 15.4. The van der Waals surface area contributed by atoms with E-state index in [1.54, 1.807) is 46.9 Å². The summed E-state index contributed by atoms with van der Waals surface area (Å²) in [7, 11) is 0.396. The van der Waals surface area contributed by atoms with Crippen LogP contribution in [0.15, 0.2) is 67.3 Å². The van der Waals surface area contributed by atoms with Crippen LogP contribution in [-0.2, 0) is 16.2 Å². The van der Waals surface area contributed by atoms with E-state index < -0.39 is 26.0 Å². The first-order chi connectivity index (χ1) is 20.7. The van der Waals surface area contributed by atoms with Gasteiger partial charge in [0.1, 0.15) is 43.1 Å². The van der Waals surface area contributed by atoms with Crippen LogP contribution in [0.4, 0.5) is 15.0 Å². The number of hydrogen-bond donors (Lipinski definition) is 0.